The molecule has 2 saturated heterocycles. The number of likely N-dealkylation sites (tertiary alicyclic amines) is 1. The highest BCUT2D eigenvalue weighted by molar-refractivity contribution is 5.08. The normalized spacial score (nSPS) is 29.1. The molecule has 116 valence electrons. The Balaban J connectivity index is 1.41. The molecule has 0 aromatic carbocycles. The minimum absolute atomic E-state index is 0.612. The van der Waals surface area contributed by atoms with E-state index in [0.29, 0.717) is 5.54 Å². The molecule has 3 heteroatoms. The average Bonchev–Trinajstić information content (AvgIpc) is 3.22. The zero-order chi connectivity index (χ0) is 14.0. The molecule has 0 aromatic heterocycles. The van der Waals surface area contributed by atoms with Gasteiger partial charge in [-0.25, -0.2) is 0 Å². The lowest BCUT2D eigenvalue weighted by Crippen LogP contribution is -2.55. The molecule has 3 nitrogen and oxygen atoms in total. The van der Waals surface area contributed by atoms with Crippen LogP contribution in [-0.2, 0) is 0 Å². The van der Waals surface area contributed by atoms with Crippen molar-refractivity contribution in [2.24, 2.45) is 5.92 Å². The van der Waals surface area contributed by atoms with Crippen molar-refractivity contribution in [3.63, 3.8) is 0 Å². The van der Waals surface area contributed by atoms with Gasteiger partial charge in [0.05, 0.1) is 0 Å². The number of piperazine rings is 1. The van der Waals surface area contributed by atoms with Crippen molar-refractivity contribution in [2.45, 2.75) is 51.0 Å². The maximum absolute atomic E-state index is 2.79. The largest absolute Gasteiger partial charge is 0.306 e. The monoisotopic (exact) mass is 279 g/mol. The first-order valence-corrected chi connectivity index (χ1v) is 8.88. The zero-order valence-electron chi connectivity index (χ0n) is 13.6. The molecule has 0 aromatic rings. The second kappa shape index (κ2) is 6.33. The third-order valence-electron chi connectivity index (χ3n) is 5.89. The number of rotatable bonds is 5. The molecule has 3 aliphatic rings. The zero-order valence-corrected chi connectivity index (χ0v) is 13.6. The Morgan fingerprint density at radius 2 is 1.75 bits per heavy atom. The summed E-state index contributed by atoms with van der Waals surface area (Å²) in [6.45, 7) is 11.6. The van der Waals surface area contributed by atoms with Gasteiger partial charge in [0, 0.05) is 25.2 Å². The lowest BCUT2D eigenvalue weighted by molar-refractivity contribution is 0.0538. The Kier molecular flexibility index (Phi) is 4.68. The van der Waals surface area contributed by atoms with Crippen LogP contribution in [0.5, 0.6) is 0 Å². The van der Waals surface area contributed by atoms with Crippen LogP contribution in [0.1, 0.15) is 45.4 Å². The average molecular weight is 279 g/mol. The Labute approximate surface area is 125 Å². The minimum atomic E-state index is 0.612. The molecule has 1 aliphatic carbocycles. The Morgan fingerprint density at radius 1 is 1.00 bits per heavy atom. The topological polar surface area (TPSA) is 9.72 Å². The smallest absolute Gasteiger partial charge is 0.0338 e. The van der Waals surface area contributed by atoms with Crippen molar-refractivity contribution in [3.05, 3.63) is 0 Å². The van der Waals surface area contributed by atoms with Gasteiger partial charge in [-0.05, 0) is 77.7 Å². The van der Waals surface area contributed by atoms with Gasteiger partial charge in [0.25, 0.3) is 0 Å². The Morgan fingerprint density at radius 3 is 2.40 bits per heavy atom. The standard InChI is InChI=1S/C17H33N3/c1-3-9-20-14-13-19(15-17(20)7-8-17)12-6-16-4-10-18(2)11-5-16/h16H,3-15H2,1-2H3. The maximum atomic E-state index is 2.79. The quantitative estimate of drug-likeness (QED) is 0.764. The van der Waals surface area contributed by atoms with Gasteiger partial charge in [-0.1, -0.05) is 6.92 Å². The van der Waals surface area contributed by atoms with E-state index in [9.17, 15) is 0 Å². The van der Waals surface area contributed by atoms with Crippen LogP contribution in [0.15, 0.2) is 0 Å². The van der Waals surface area contributed by atoms with Crippen molar-refractivity contribution in [2.75, 3.05) is 52.9 Å². The van der Waals surface area contributed by atoms with E-state index >= 15 is 0 Å². The third kappa shape index (κ3) is 3.37. The van der Waals surface area contributed by atoms with E-state index in [4.69, 9.17) is 0 Å². The van der Waals surface area contributed by atoms with Crippen molar-refractivity contribution < 1.29 is 0 Å². The minimum Gasteiger partial charge on any atom is -0.306 e. The summed E-state index contributed by atoms with van der Waals surface area (Å²) < 4.78 is 0. The van der Waals surface area contributed by atoms with E-state index in [1.807, 2.05) is 0 Å². The van der Waals surface area contributed by atoms with Gasteiger partial charge in [0.1, 0.15) is 0 Å². The van der Waals surface area contributed by atoms with Gasteiger partial charge in [0.2, 0.25) is 0 Å². The van der Waals surface area contributed by atoms with Crippen molar-refractivity contribution >= 4 is 0 Å². The van der Waals surface area contributed by atoms with E-state index in [1.54, 1.807) is 0 Å². The SMILES string of the molecule is CCCN1CCN(CCC2CCN(C)CC2)CC12CC2. The van der Waals surface area contributed by atoms with Crippen LogP contribution in [0.4, 0.5) is 0 Å². The molecule has 1 spiro atoms. The molecule has 0 atom stereocenters. The van der Waals surface area contributed by atoms with Crippen molar-refractivity contribution in [3.8, 4) is 0 Å². The summed E-state index contributed by atoms with van der Waals surface area (Å²) in [5, 5.41) is 0. The molecular weight excluding hydrogens is 246 g/mol. The van der Waals surface area contributed by atoms with Crippen LogP contribution in [0.3, 0.4) is 0 Å². The molecule has 0 N–H and O–H groups in total. The third-order valence-corrected chi connectivity index (χ3v) is 5.89. The molecule has 0 amide bonds. The number of hydrogen-bond donors (Lipinski definition) is 0. The fraction of sp³-hybridized carbons (Fsp3) is 1.00. The Bertz CT molecular complexity index is 305. The molecule has 0 bridgehead atoms. The first-order valence-electron chi connectivity index (χ1n) is 8.88. The molecule has 20 heavy (non-hydrogen) atoms. The summed E-state index contributed by atoms with van der Waals surface area (Å²) in [6, 6.07) is 0. The van der Waals surface area contributed by atoms with E-state index < -0.39 is 0 Å². The Hall–Kier alpha value is -0.120. The van der Waals surface area contributed by atoms with Gasteiger partial charge < -0.3 is 9.80 Å². The van der Waals surface area contributed by atoms with E-state index in [2.05, 4.69) is 28.7 Å². The van der Waals surface area contributed by atoms with Gasteiger partial charge in [-0.3, -0.25) is 4.90 Å². The highest BCUT2D eigenvalue weighted by Crippen LogP contribution is 2.44. The van der Waals surface area contributed by atoms with Crippen molar-refractivity contribution in [1.29, 1.82) is 0 Å². The van der Waals surface area contributed by atoms with Crippen LogP contribution >= 0.6 is 0 Å². The highest BCUT2D eigenvalue weighted by atomic mass is 15.3. The predicted molar refractivity (Wildman–Crippen MR) is 85.1 cm³/mol. The van der Waals surface area contributed by atoms with Crippen molar-refractivity contribution in [1.82, 2.24) is 14.7 Å². The second-order valence-electron chi connectivity index (χ2n) is 7.52. The summed E-state index contributed by atoms with van der Waals surface area (Å²) in [5.41, 5.74) is 0.612. The molecular formula is C17H33N3. The van der Waals surface area contributed by atoms with Gasteiger partial charge in [0.15, 0.2) is 0 Å². The molecule has 0 radical (unpaired) electrons. The van der Waals surface area contributed by atoms with E-state index in [-0.39, 0.29) is 0 Å². The fourth-order valence-corrected chi connectivity index (χ4v) is 4.24. The summed E-state index contributed by atoms with van der Waals surface area (Å²) in [6.07, 6.45) is 8.53. The van der Waals surface area contributed by atoms with Crippen LogP contribution in [0.25, 0.3) is 0 Å². The van der Waals surface area contributed by atoms with Crippen LogP contribution in [0.2, 0.25) is 0 Å². The van der Waals surface area contributed by atoms with E-state index in [0.717, 1.165) is 5.92 Å². The molecule has 1 saturated carbocycles. The van der Waals surface area contributed by atoms with E-state index in [1.165, 1.54) is 84.3 Å². The van der Waals surface area contributed by atoms with Gasteiger partial charge in [-0.2, -0.15) is 0 Å². The second-order valence-corrected chi connectivity index (χ2v) is 7.52. The maximum Gasteiger partial charge on any atom is 0.0338 e. The molecule has 3 rings (SSSR count). The lowest BCUT2D eigenvalue weighted by atomic mass is 9.93. The number of nitrogens with zero attached hydrogens (tertiary/aromatic N) is 3. The first kappa shape index (κ1) is 14.8. The van der Waals surface area contributed by atoms with Crippen LogP contribution < -0.4 is 0 Å². The lowest BCUT2D eigenvalue weighted by Gasteiger charge is -2.42. The highest BCUT2D eigenvalue weighted by Gasteiger charge is 2.50. The summed E-state index contributed by atoms with van der Waals surface area (Å²) in [5.74, 6) is 0.995. The van der Waals surface area contributed by atoms with Crippen LogP contribution in [-0.4, -0.2) is 73.1 Å². The number of hydrogen-bond acceptors (Lipinski definition) is 3. The molecule has 2 heterocycles. The first-order chi connectivity index (χ1) is 9.72. The molecule has 0 unspecified atom stereocenters. The number of piperidine rings is 1. The van der Waals surface area contributed by atoms with Gasteiger partial charge >= 0.3 is 0 Å². The fourth-order valence-electron chi connectivity index (χ4n) is 4.24. The van der Waals surface area contributed by atoms with Crippen LogP contribution in [0, 0.1) is 5.92 Å². The molecule has 2 aliphatic heterocycles. The summed E-state index contributed by atoms with van der Waals surface area (Å²) in [4.78, 5) is 8.05. The molecule has 3 fully saturated rings. The summed E-state index contributed by atoms with van der Waals surface area (Å²) >= 11 is 0. The van der Waals surface area contributed by atoms with Gasteiger partial charge in [-0.15, -0.1) is 0 Å². The summed E-state index contributed by atoms with van der Waals surface area (Å²) in [7, 11) is 2.26. The predicted octanol–water partition coefficient (Wildman–Crippen LogP) is 2.28.